The summed E-state index contributed by atoms with van der Waals surface area (Å²) in [5, 5.41) is 14.0. The van der Waals surface area contributed by atoms with E-state index in [0.29, 0.717) is 23.7 Å². The summed E-state index contributed by atoms with van der Waals surface area (Å²) in [6, 6.07) is 15.6. The molecule has 4 heterocycles. The van der Waals surface area contributed by atoms with Crippen LogP contribution in [0.25, 0.3) is 22.3 Å². The lowest BCUT2D eigenvalue weighted by Crippen LogP contribution is -2.42. The van der Waals surface area contributed by atoms with Gasteiger partial charge in [-0.25, -0.2) is 32.3 Å². The Morgan fingerprint density at radius 3 is 2.42 bits per heavy atom. The van der Waals surface area contributed by atoms with Crippen molar-refractivity contribution in [2.75, 3.05) is 11.3 Å². The lowest BCUT2D eigenvalue weighted by Gasteiger charge is -2.29. The van der Waals surface area contributed by atoms with Crippen molar-refractivity contribution in [2.45, 2.75) is 96.5 Å². The van der Waals surface area contributed by atoms with E-state index in [1.807, 2.05) is 45.2 Å². The molecule has 292 valence electrons. The van der Waals surface area contributed by atoms with Crippen LogP contribution in [0.5, 0.6) is 5.88 Å². The average Bonchev–Trinajstić information content (AvgIpc) is 3.30. The Bertz CT molecular complexity index is 2310. The maximum Gasteiger partial charge on any atom is 0.335 e. The minimum Gasteiger partial charge on any atom is -0.478 e. The number of ether oxygens (including phenoxy) is 1. The first-order valence-corrected chi connectivity index (χ1v) is 20.3. The van der Waals surface area contributed by atoms with Crippen molar-refractivity contribution in [1.29, 1.82) is 0 Å². The zero-order chi connectivity index (χ0) is 39.8. The third-order valence-corrected chi connectivity index (χ3v) is 11.7. The number of aromatic nitrogens is 4. The zero-order valence-electron chi connectivity index (χ0n) is 32.8. The normalized spacial score (nSPS) is 18.0. The molecule has 3 atom stereocenters. The first kappa shape index (κ1) is 39.8. The van der Waals surface area contributed by atoms with E-state index in [9.17, 15) is 18.3 Å². The van der Waals surface area contributed by atoms with Gasteiger partial charge in [-0.2, -0.15) is 4.98 Å². The van der Waals surface area contributed by atoms with Crippen molar-refractivity contribution >= 4 is 33.0 Å². The quantitative estimate of drug-likeness (QED) is 0.120. The number of rotatable bonds is 11. The maximum absolute atomic E-state index is 15.9. The number of carbonyl (C=O) groups is 1. The SMILES string of the molecule is Cc1cccc(C)c1-c1cc(OCC2NC(c3nc4c(cc3F)cc(C(C)(C)C)n4C)CCCC2CC(C)C)nc(NS(=O)(=O)c2cccc(C(=O)O)c2)n1. The van der Waals surface area contributed by atoms with Crippen LogP contribution >= 0.6 is 0 Å². The van der Waals surface area contributed by atoms with Gasteiger partial charge in [-0.1, -0.05) is 65.3 Å². The smallest absolute Gasteiger partial charge is 0.335 e. The number of benzene rings is 2. The monoisotopic (exact) mass is 770 g/mol. The third-order valence-electron chi connectivity index (χ3n) is 10.4. The lowest BCUT2D eigenvalue weighted by molar-refractivity contribution is 0.0696. The number of aromatic carboxylic acids is 1. The van der Waals surface area contributed by atoms with Crippen LogP contribution in [-0.4, -0.2) is 51.7 Å². The molecule has 0 aliphatic carbocycles. The van der Waals surface area contributed by atoms with E-state index < -0.39 is 16.0 Å². The highest BCUT2D eigenvalue weighted by Crippen LogP contribution is 2.35. The summed E-state index contributed by atoms with van der Waals surface area (Å²) in [4.78, 5) is 25.4. The second-order valence-electron chi connectivity index (χ2n) is 16.2. The second kappa shape index (κ2) is 15.7. The molecule has 6 rings (SSSR count). The molecule has 1 aliphatic heterocycles. The van der Waals surface area contributed by atoms with Crippen LogP contribution in [0.3, 0.4) is 0 Å². The van der Waals surface area contributed by atoms with E-state index in [-0.39, 0.29) is 58.1 Å². The van der Waals surface area contributed by atoms with E-state index >= 15 is 4.39 Å². The molecule has 0 bridgehead atoms. The number of sulfonamides is 1. The molecule has 13 heteroatoms. The van der Waals surface area contributed by atoms with Crippen molar-refractivity contribution in [3.05, 3.63) is 94.6 Å². The van der Waals surface area contributed by atoms with Crippen LogP contribution in [-0.2, 0) is 22.5 Å². The number of carboxylic acids is 1. The summed E-state index contributed by atoms with van der Waals surface area (Å²) in [5.41, 5.74) is 5.01. The van der Waals surface area contributed by atoms with E-state index in [4.69, 9.17) is 9.72 Å². The fourth-order valence-corrected chi connectivity index (χ4v) is 8.79. The predicted octanol–water partition coefficient (Wildman–Crippen LogP) is 8.51. The van der Waals surface area contributed by atoms with Crippen LogP contribution in [0.4, 0.5) is 10.3 Å². The molecule has 2 aromatic carbocycles. The average molecular weight is 771 g/mol. The number of anilines is 1. The van der Waals surface area contributed by atoms with E-state index in [1.54, 1.807) is 12.1 Å². The highest BCUT2D eigenvalue weighted by molar-refractivity contribution is 7.92. The predicted molar refractivity (Wildman–Crippen MR) is 212 cm³/mol. The van der Waals surface area contributed by atoms with Gasteiger partial charge in [0.1, 0.15) is 18.1 Å². The summed E-state index contributed by atoms with van der Waals surface area (Å²) >= 11 is 0. The number of halogens is 1. The van der Waals surface area contributed by atoms with Gasteiger partial charge in [0.2, 0.25) is 11.8 Å². The standard InChI is InChI=1S/C42H51FN6O5S/c1-24(2)18-27-14-11-17-32(38-31(43)20-29-21-35(42(5,6)7)49(8)39(29)47-38)44-34(27)23-54-36-22-33(37-25(3)12-9-13-26(37)4)45-41(46-36)48-55(52,53)30-16-10-15-28(19-30)40(50)51/h9-10,12-13,15-16,19-22,24,27,32,34,44H,11,14,17-18,23H2,1-8H3,(H,50,51)(H,45,46,48). The highest BCUT2D eigenvalue weighted by Gasteiger charge is 2.32. The Kier molecular flexibility index (Phi) is 11.4. The Balaban J connectivity index is 1.34. The first-order chi connectivity index (χ1) is 25.9. The van der Waals surface area contributed by atoms with Gasteiger partial charge in [-0.3, -0.25) is 0 Å². The molecule has 3 unspecified atom stereocenters. The van der Waals surface area contributed by atoms with Crippen molar-refractivity contribution in [1.82, 2.24) is 24.8 Å². The van der Waals surface area contributed by atoms with Crippen molar-refractivity contribution in [3.8, 4) is 17.1 Å². The van der Waals surface area contributed by atoms with Gasteiger partial charge in [0.25, 0.3) is 10.0 Å². The molecule has 0 saturated carbocycles. The van der Waals surface area contributed by atoms with Gasteiger partial charge in [-0.15, -0.1) is 0 Å². The molecule has 0 radical (unpaired) electrons. The summed E-state index contributed by atoms with van der Waals surface area (Å²) in [6.07, 6.45) is 3.42. The van der Waals surface area contributed by atoms with E-state index in [0.717, 1.165) is 58.7 Å². The molecule has 55 heavy (non-hydrogen) atoms. The minimum absolute atomic E-state index is 0.136. The number of fused-ring (bicyclic) bond motifs is 1. The number of nitrogens with one attached hydrogen (secondary N) is 2. The fraction of sp³-hybridized carbons (Fsp3) is 0.429. The van der Waals surface area contributed by atoms with Gasteiger partial charge >= 0.3 is 5.97 Å². The van der Waals surface area contributed by atoms with E-state index in [1.165, 1.54) is 18.2 Å². The molecule has 1 saturated heterocycles. The Morgan fingerprint density at radius 2 is 1.75 bits per heavy atom. The third kappa shape index (κ3) is 8.83. The topological polar surface area (TPSA) is 148 Å². The number of carboxylic acid groups (broad SMARTS) is 1. The van der Waals surface area contributed by atoms with Crippen LogP contribution in [0.15, 0.2) is 65.6 Å². The van der Waals surface area contributed by atoms with Gasteiger partial charge in [-0.05, 0) is 86.4 Å². The number of hydrogen-bond acceptors (Lipinski definition) is 8. The molecule has 5 aromatic rings. The Hall–Kier alpha value is -4.88. The Labute approximate surface area is 322 Å². The molecule has 3 N–H and O–H groups in total. The Morgan fingerprint density at radius 1 is 1.04 bits per heavy atom. The van der Waals surface area contributed by atoms with Gasteiger partial charge in [0.15, 0.2) is 0 Å². The molecule has 1 fully saturated rings. The van der Waals surface area contributed by atoms with Crippen molar-refractivity contribution in [2.24, 2.45) is 18.9 Å². The van der Waals surface area contributed by atoms with Crippen LogP contribution in [0, 0.1) is 31.5 Å². The number of aryl methyl sites for hydroxylation is 3. The van der Waals surface area contributed by atoms with Crippen LogP contribution in [0.2, 0.25) is 0 Å². The second-order valence-corrected chi connectivity index (χ2v) is 17.9. The summed E-state index contributed by atoms with van der Waals surface area (Å²) in [7, 11) is -2.31. The zero-order valence-corrected chi connectivity index (χ0v) is 33.6. The number of nitrogens with zero attached hydrogens (tertiary/aromatic N) is 4. The molecule has 1 aliphatic rings. The molecule has 0 spiro atoms. The van der Waals surface area contributed by atoms with Crippen LogP contribution in [0.1, 0.15) is 99.2 Å². The van der Waals surface area contributed by atoms with E-state index in [2.05, 4.69) is 59.2 Å². The number of pyridine rings is 1. The summed E-state index contributed by atoms with van der Waals surface area (Å²) in [6.45, 7) is 14.8. The van der Waals surface area contributed by atoms with Crippen molar-refractivity contribution in [3.63, 3.8) is 0 Å². The van der Waals surface area contributed by atoms with Gasteiger partial charge in [0.05, 0.1) is 27.9 Å². The fourth-order valence-electron chi connectivity index (χ4n) is 7.80. The van der Waals surface area contributed by atoms with Gasteiger partial charge < -0.3 is 19.7 Å². The number of hydrogen-bond donors (Lipinski definition) is 3. The highest BCUT2D eigenvalue weighted by atomic mass is 32.2. The first-order valence-electron chi connectivity index (χ1n) is 18.8. The summed E-state index contributed by atoms with van der Waals surface area (Å²) in [5.74, 6) is -1.05. The molecule has 3 aromatic heterocycles. The van der Waals surface area contributed by atoms with Crippen molar-refractivity contribution < 1.29 is 27.4 Å². The molecule has 0 amide bonds. The molecular formula is C42H51FN6O5S. The van der Waals surface area contributed by atoms with Crippen LogP contribution < -0.4 is 14.8 Å². The largest absolute Gasteiger partial charge is 0.478 e. The minimum atomic E-state index is -4.29. The maximum atomic E-state index is 15.9. The molecular weight excluding hydrogens is 720 g/mol. The summed E-state index contributed by atoms with van der Waals surface area (Å²) < 4.78 is 54.0. The lowest BCUT2D eigenvalue weighted by atomic mass is 9.87. The van der Waals surface area contributed by atoms with Gasteiger partial charge in [0, 0.05) is 41.2 Å². The molecule has 11 nitrogen and oxygen atoms in total.